The molecule has 1 aliphatic rings. The highest BCUT2D eigenvalue weighted by Crippen LogP contribution is 2.08. The third-order valence-electron chi connectivity index (χ3n) is 2.09. The first-order chi connectivity index (χ1) is 6.56. The smallest absolute Gasteiger partial charge is 0.154 e. The first-order valence-electron chi connectivity index (χ1n) is 4.36. The van der Waals surface area contributed by atoms with Gasteiger partial charge in [-0.3, -0.25) is 0 Å². The lowest BCUT2D eigenvalue weighted by Gasteiger charge is -2.15. The van der Waals surface area contributed by atoms with Crippen molar-refractivity contribution in [2.45, 2.75) is 18.8 Å². The second kappa shape index (κ2) is 3.32. The zero-order chi connectivity index (χ0) is 10.2. The summed E-state index contributed by atoms with van der Waals surface area (Å²) < 4.78 is 24.0. The summed E-state index contributed by atoms with van der Waals surface area (Å²) in [4.78, 5) is 0. The van der Waals surface area contributed by atoms with E-state index < -0.39 is 9.84 Å². The van der Waals surface area contributed by atoms with Gasteiger partial charge in [-0.2, -0.15) is 0 Å². The second-order valence-corrected chi connectivity index (χ2v) is 5.57. The summed E-state index contributed by atoms with van der Waals surface area (Å²) in [6, 6.07) is 0. The molecule has 1 aromatic heterocycles. The standard InChI is InChI=1S/C7H12N4O2S/c1-14(12,13)5-7-10-9-6-4-8-2-3-11(6)7/h8H,2-5H2,1H3. The van der Waals surface area contributed by atoms with Crippen LogP contribution in [0.1, 0.15) is 11.6 Å². The predicted octanol–water partition coefficient (Wildman–Crippen LogP) is -1.07. The third kappa shape index (κ3) is 1.93. The molecular formula is C7H12N4O2S. The maximum absolute atomic E-state index is 11.1. The van der Waals surface area contributed by atoms with Crippen LogP contribution in [-0.4, -0.2) is 36.0 Å². The van der Waals surface area contributed by atoms with Gasteiger partial charge in [-0.15, -0.1) is 10.2 Å². The van der Waals surface area contributed by atoms with Crippen molar-refractivity contribution in [2.24, 2.45) is 0 Å². The number of nitrogens with zero attached hydrogens (tertiary/aromatic N) is 3. The van der Waals surface area contributed by atoms with Gasteiger partial charge in [-0.25, -0.2) is 8.42 Å². The van der Waals surface area contributed by atoms with Gasteiger partial charge in [-0.1, -0.05) is 0 Å². The Labute approximate surface area is 82.3 Å². The Balaban J connectivity index is 2.31. The number of rotatable bonds is 2. The highest BCUT2D eigenvalue weighted by molar-refractivity contribution is 7.89. The van der Waals surface area contributed by atoms with E-state index in [0.717, 1.165) is 18.9 Å². The van der Waals surface area contributed by atoms with Crippen molar-refractivity contribution in [1.82, 2.24) is 20.1 Å². The zero-order valence-corrected chi connectivity index (χ0v) is 8.71. The lowest BCUT2D eigenvalue weighted by Crippen LogP contribution is -2.29. The van der Waals surface area contributed by atoms with E-state index in [9.17, 15) is 8.42 Å². The van der Waals surface area contributed by atoms with Crippen molar-refractivity contribution in [1.29, 1.82) is 0 Å². The fourth-order valence-electron chi connectivity index (χ4n) is 1.49. The van der Waals surface area contributed by atoms with Crippen LogP contribution in [0.2, 0.25) is 0 Å². The van der Waals surface area contributed by atoms with Gasteiger partial charge >= 0.3 is 0 Å². The van der Waals surface area contributed by atoms with E-state index in [-0.39, 0.29) is 5.75 Å². The van der Waals surface area contributed by atoms with Gasteiger partial charge in [-0.05, 0) is 0 Å². The van der Waals surface area contributed by atoms with Crippen molar-refractivity contribution in [3.63, 3.8) is 0 Å². The first kappa shape index (κ1) is 9.60. The quantitative estimate of drug-likeness (QED) is 0.681. The number of hydrogen-bond donors (Lipinski definition) is 1. The van der Waals surface area contributed by atoms with E-state index in [4.69, 9.17) is 0 Å². The van der Waals surface area contributed by atoms with E-state index >= 15 is 0 Å². The Bertz CT molecular complexity index is 437. The number of aromatic nitrogens is 3. The number of fused-ring (bicyclic) bond motifs is 1. The van der Waals surface area contributed by atoms with Gasteiger partial charge in [0.25, 0.3) is 0 Å². The molecule has 78 valence electrons. The highest BCUT2D eigenvalue weighted by Gasteiger charge is 2.17. The largest absolute Gasteiger partial charge is 0.312 e. The topological polar surface area (TPSA) is 76.9 Å². The summed E-state index contributed by atoms with van der Waals surface area (Å²) in [7, 11) is -3.02. The summed E-state index contributed by atoms with van der Waals surface area (Å²) >= 11 is 0. The number of nitrogens with one attached hydrogen (secondary N) is 1. The van der Waals surface area contributed by atoms with Crippen LogP contribution >= 0.6 is 0 Å². The molecule has 0 saturated carbocycles. The van der Waals surface area contributed by atoms with Gasteiger partial charge in [0, 0.05) is 19.3 Å². The number of hydrogen-bond acceptors (Lipinski definition) is 5. The fraction of sp³-hybridized carbons (Fsp3) is 0.714. The molecule has 0 aromatic carbocycles. The van der Waals surface area contributed by atoms with Gasteiger partial charge in [0.2, 0.25) is 0 Å². The molecule has 1 aromatic rings. The average molecular weight is 216 g/mol. The van der Waals surface area contributed by atoms with Crippen LogP contribution in [0, 0.1) is 0 Å². The molecule has 14 heavy (non-hydrogen) atoms. The van der Waals surface area contributed by atoms with Crippen LogP contribution in [0.25, 0.3) is 0 Å². The lowest BCUT2D eigenvalue weighted by molar-refractivity contribution is 0.496. The Morgan fingerprint density at radius 2 is 2.29 bits per heavy atom. The molecule has 0 spiro atoms. The Morgan fingerprint density at radius 3 is 3.00 bits per heavy atom. The van der Waals surface area contributed by atoms with E-state index in [2.05, 4.69) is 15.5 Å². The van der Waals surface area contributed by atoms with Crippen molar-refractivity contribution >= 4 is 9.84 Å². The summed E-state index contributed by atoms with van der Waals surface area (Å²) in [5, 5.41) is 10.9. The molecule has 0 radical (unpaired) electrons. The molecule has 0 fully saturated rings. The highest BCUT2D eigenvalue weighted by atomic mass is 32.2. The molecule has 1 N–H and O–H groups in total. The zero-order valence-electron chi connectivity index (χ0n) is 7.89. The van der Waals surface area contributed by atoms with Crippen LogP contribution in [0.5, 0.6) is 0 Å². The maximum atomic E-state index is 11.1. The molecule has 6 nitrogen and oxygen atoms in total. The minimum Gasteiger partial charge on any atom is -0.312 e. The van der Waals surface area contributed by atoms with Crippen molar-refractivity contribution < 1.29 is 8.42 Å². The van der Waals surface area contributed by atoms with Gasteiger partial charge in [0.05, 0.1) is 6.54 Å². The molecule has 2 rings (SSSR count). The summed E-state index contributed by atoms with van der Waals surface area (Å²) in [5.41, 5.74) is 0. The Kier molecular flexibility index (Phi) is 2.28. The molecular weight excluding hydrogens is 204 g/mol. The SMILES string of the molecule is CS(=O)(=O)Cc1nnc2n1CCNC2. The first-order valence-corrected chi connectivity index (χ1v) is 6.42. The van der Waals surface area contributed by atoms with Crippen molar-refractivity contribution in [2.75, 3.05) is 12.8 Å². The number of sulfone groups is 1. The van der Waals surface area contributed by atoms with E-state index in [1.807, 2.05) is 4.57 Å². The van der Waals surface area contributed by atoms with Crippen LogP contribution in [-0.2, 0) is 28.7 Å². The second-order valence-electron chi connectivity index (χ2n) is 3.43. The molecule has 0 saturated heterocycles. The van der Waals surface area contributed by atoms with Crippen molar-refractivity contribution in [3.05, 3.63) is 11.6 Å². The molecule has 0 atom stereocenters. The molecule has 0 bridgehead atoms. The predicted molar refractivity (Wildman–Crippen MR) is 50.3 cm³/mol. The Morgan fingerprint density at radius 1 is 1.50 bits per heavy atom. The minimum absolute atomic E-state index is 0.0278. The molecule has 0 unspecified atom stereocenters. The van der Waals surface area contributed by atoms with Gasteiger partial charge in [0.15, 0.2) is 9.84 Å². The summed E-state index contributed by atoms with van der Waals surface area (Å²) in [5.74, 6) is 1.33. The third-order valence-corrected chi connectivity index (χ3v) is 2.87. The van der Waals surface area contributed by atoms with E-state index in [1.165, 1.54) is 6.26 Å². The fourth-order valence-corrected chi connectivity index (χ4v) is 2.18. The van der Waals surface area contributed by atoms with E-state index in [1.54, 1.807) is 0 Å². The molecule has 1 aliphatic heterocycles. The Hall–Kier alpha value is -0.950. The minimum atomic E-state index is -3.02. The van der Waals surface area contributed by atoms with Crippen LogP contribution in [0.15, 0.2) is 0 Å². The lowest BCUT2D eigenvalue weighted by atomic mass is 10.4. The van der Waals surface area contributed by atoms with Crippen LogP contribution < -0.4 is 5.32 Å². The molecule has 0 amide bonds. The maximum Gasteiger partial charge on any atom is 0.154 e. The molecule has 2 heterocycles. The van der Waals surface area contributed by atoms with Crippen LogP contribution in [0.3, 0.4) is 0 Å². The average Bonchev–Trinajstić information content (AvgIpc) is 2.47. The monoisotopic (exact) mass is 216 g/mol. The van der Waals surface area contributed by atoms with Crippen molar-refractivity contribution in [3.8, 4) is 0 Å². The van der Waals surface area contributed by atoms with E-state index in [0.29, 0.717) is 12.4 Å². The summed E-state index contributed by atoms with van der Waals surface area (Å²) in [6.45, 7) is 2.24. The van der Waals surface area contributed by atoms with Gasteiger partial charge in [0.1, 0.15) is 17.4 Å². The van der Waals surface area contributed by atoms with Crippen LogP contribution in [0.4, 0.5) is 0 Å². The molecule has 0 aliphatic carbocycles. The normalized spacial score (nSPS) is 16.6. The van der Waals surface area contributed by atoms with Gasteiger partial charge < -0.3 is 9.88 Å². The summed E-state index contributed by atoms with van der Waals surface area (Å²) in [6.07, 6.45) is 1.20. The molecule has 7 heteroatoms.